The summed E-state index contributed by atoms with van der Waals surface area (Å²) in [6.45, 7) is 1.92. The topological polar surface area (TPSA) is 90.7 Å². The van der Waals surface area contributed by atoms with Gasteiger partial charge in [-0.05, 0) is 20.0 Å². The van der Waals surface area contributed by atoms with Crippen molar-refractivity contribution in [3.8, 4) is 5.75 Å². The van der Waals surface area contributed by atoms with Gasteiger partial charge in [0.05, 0.1) is 18.6 Å². The van der Waals surface area contributed by atoms with Gasteiger partial charge in [0, 0.05) is 18.6 Å². The Morgan fingerprint density at radius 1 is 1.52 bits per heavy atom. The number of nitro groups is 1. The lowest BCUT2D eigenvalue weighted by atomic mass is 9.99. The van der Waals surface area contributed by atoms with E-state index in [2.05, 4.69) is 5.32 Å². The number of likely N-dealkylation sites (N-methyl/N-ethyl adjacent to an activating group) is 1. The maximum absolute atomic E-state index is 11.6. The summed E-state index contributed by atoms with van der Waals surface area (Å²) in [7, 11) is 2.97. The molecule has 1 rings (SSSR count). The Labute approximate surface area is 127 Å². The third-order valence-electron chi connectivity index (χ3n) is 3.17. The van der Waals surface area contributed by atoms with Crippen LogP contribution >= 0.6 is 11.6 Å². The highest BCUT2D eigenvalue weighted by Crippen LogP contribution is 2.28. The van der Waals surface area contributed by atoms with Crippen LogP contribution in [0.4, 0.5) is 5.69 Å². The van der Waals surface area contributed by atoms with Gasteiger partial charge in [-0.1, -0.05) is 11.6 Å². The second kappa shape index (κ2) is 7.24. The first kappa shape index (κ1) is 17.2. The summed E-state index contributed by atoms with van der Waals surface area (Å²) >= 11 is 5.79. The quantitative estimate of drug-likeness (QED) is 0.471. The number of esters is 1. The summed E-state index contributed by atoms with van der Waals surface area (Å²) in [5.74, 6) is 0.00394. The minimum absolute atomic E-state index is 0.00171. The van der Waals surface area contributed by atoms with Gasteiger partial charge in [-0.3, -0.25) is 14.9 Å². The van der Waals surface area contributed by atoms with Crippen LogP contribution in [0.5, 0.6) is 5.75 Å². The zero-order chi connectivity index (χ0) is 16.0. The molecule has 1 N–H and O–H groups in total. The lowest BCUT2D eigenvalue weighted by Gasteiger charge is -2.25. The summed E-state index contributed by atoms with van der Waals surface area (Å²) in [5, 5.41) is 13.5. The molecule has 0 fully saturated rings. The minimum Gasteiger partial charge on any atom is -0.493 e. The van der Waals surface area contributed by atoms with Crippen molar-refractivity contribution in [2.45, 2.75) is 18.9 Å². The molecule has 0 aliphatic carbocycles. The molecule has 0 saturated heterocycles. The molecule has 1 atom stereocenters. The number of methoxy groups -OCH3 is 1. The highest BCUT2D eigenvalue weighted by atomic mass is 35.5. The number of halogens is 1. The third kappa shape index (κ3) is 4.30. The van der Waals surface area contributed by atoms with E-state index < -0.39 is 16.4 Å². The number of nitro benzene ring substituents is 1. The summed E-state index contributed by atoms with van der Waals surface area (Å²) in [6.07, 6.45) is 0.366. The van der Waals surface area contributed by atoms with Crippen molar-refractivity contribution in [2.75, 3.05) is 20.8 Å². The average molecular weight is 317 g/mol. The van der Waals surface area contributed by atoms with E-state index >= 15 is 0 Å². The van der Waals surface area contributed by atoms with Crippen LogP contribution in [0.1, 0.15) is 13.3 Å². The van der Waals surface area contributed by atoms with Gasteiger partial charge >= 0.3 is 5.97 Å². The van der Waals surface area contributed by atoms with Crippen LogP contribution in [0.25, 0.3) is 0 Å². The summed E-state index contributed by atoms with van der Waals surface area (Å²) in [5.41, 5.74) is -1.04. The van der Waals surface area contributed by atoms with Crippen molar-refractivity contribution in [1.82, 2.24) is 5.32 Å². The molecule has 7 nitrogen and oxygen atoms in total. The van der Waals surface area contributed by atoms with E-state index in [1.54, 1.807) is 14.0 Å². The van der Waals surface area contributed by atoms with E-state index in [0.29, 0.717) is 12.2 Å². The largest absolute Gasteiger partial charge is 0.493 e. The Hall–Kier alpha value is -1.86. The number of ether oxygens (including phenoxy) is 2. The number of carbonyl (C=O) groups is 1. The van der Waals surface area contributed by atoms with E-state index in [9.17, 15) is 14.9 Å². The first-order valence-electron chi connectivity index (χ1n) is 6.18. The SMILES string of the molecule is CNC(C)(CCOc1ccc([N+](=O)[O-])c(Cl)c1)C(=O)OC. The molecule has 1 aromatic carbocycles. The molecular formula is C13H17ClN2O5. The van der Waals surface area contributed by atoms with Crippen LogP contribution in [-0.4, -0.2) is 37.2 Å². The molecule has 0 aromatic heterocycles. The molecule has 116 valence electrons. The van der Waals surface area contributed by atoms with Crippen LogP contribution in [-0.2, 0) is 9.53 Å². The highest BCUT2D eigenvalue weighted by Gasteiger charge is 2.32. The second-order valence-corrected chi connectivity index (χ2v) is 4.95. The molecule has 0 bridgehead atoms. The second-order valence-electron chi connectivity index (χ2n) is 4.54. The van der Waals surface area contributed by atoms with Gasteiger partial charge in [-0.25, -0.2) is 0 Å². The maximum atomic E-state index is 11.6. The highest BCUT2D eigenvalue weighted by molar-refractivity contribution is 6.32. The van der Waals surface area contributed by atoms with Crippen LogP contribution in [0.3, 0.4) is 0 Å². The zero-order valence-corrected chi connectivity index (χ0v) is 12.8. The Bertz CT molecular complexity index is 537. The molecular weight excluding hydrogens is 300 g/mol. The van der Waals surface area contributed by atoms with Gasteiger partial charge in [0.2, 0.25) is 0 Å². The molecule has 0 spiro atoms. The summed E-state index contributed by atoms with van der Waals surface area (Å²) in [6, 6.07) is 4.10. The summed E-state index contributed by atoms with van der Waals surface area (Å²) in [4.78, 5) is 21.7. The van der Waals surface area contributed by atoms with Crippen LogP contribution in [0.2, 0.25) is 5.02 Å². The molecule has 0 saturated carbocycles. The fourth-order valence-corrected chi connectivity index (χ4v) is 1.89. The van der Waals surface area contributed by atoms with Gasteiger partial charge < -0.3 is 14.8 Å². The molecule has 1 aromatic rings. The van der Waals surface area contributed by atoms with Crippen molar-refractivity contribution >= 4 is 23.3 Å². The standard InChI is InChI=1S/C13H17ClN2O5/c1-13(15-2,12(17)20-3)6-7-21-9-4-5-11(16(18)19)10(14)8-9/h4-5,8,15H,6-7H2,1-3H3. The van der Waals surface area contributed by atoms with Crippen molar-refractivity contribution in [3.05, 3.63) is 33.3 Å². The number of nitrogens with zero attached hydrogens (tertiary/aromatic N) is 1. The van der Waals surface area contributed by atoms with E-state index in [-0.39, 0.29) is 17.3 Å². The van der Waals surface area contributed by atoms with Gasteiger partial charge in [0.25, 0.3) is 5.69 Å². The van der Waals surface area contributed by atoms with Crippen LogP contribution < -0.4 is 10.1 Å². The first-order chi connectivity index (χ1) is 9.84. The molecule has 21 heavy (non-hydrogen) atoms. The number of benzene rings is 1. The van der Waals surface area contributed by atoms with E-state index in [1.165, 1.54) is 25.3 Å². The van der Waals surface area contributed by atoms with E-state index in [0.717, 1.165) is 0 Å². The van der Waals surface area contributed by atoms with E-state index in [4.69, 9.17) is 21.1 Å². The van der Waals surface area contributed by atoms with Crippen molar-refractivity contribution in [1.29, 1.82) is 0 Å². The fourth-order valence-electron chi connectivity index (χ4n) is 1.65. The molecule has 0 amide bonds. The number of hydrogen-bond donors (Lipinski definition) is 1. The third-order valence-corrected chi connectivity index (χ3v) is 3.48. The normalized spacial score (nSPS) is 13.3. The molecule has 8 heteroatoms. The predicted octanol–water partition coefficient (Wildman–Crippen LogP) is 2.17. The number of rotatable bonds is 7. The van der Waals surface area contributed by atoms with E-state index in [1.807, 2.05) is 0 Å². The molecule has 1 unspecified atom stereocenters. The zero-order valence-electron chi connectivity index (χ0n) is 12.0. The molecule has 0 aliphatic rings. The lowest BCUT2D eigenvalue weighted by molar-refractivity contribution is -0.384. The molecule has 0 radical (unpaired) electrons. The number of hydrogen-bond acceptors (Lipinski definition) is 6. The number of nitrogens with one attached hydrogen (secondary N) is 1. The predicted molar refractivity (Wildman–Crippen MR) is 77.7 cm³/mol. The average Bonchev–Trinajstić information content (AvgIpc) is 2.45. The van der Waals surface area contributed by atoms with Gasteiger partial charge in [-0.15, -0.1) is 0 Å². The smallest absolute Gasteiger partial charge is 0.325 e. The van der Waals surface area contributed by atoms with Crippen LogP contribution in [0.15, 0.2) is 18.2 Å². The Balaban J connectivity index is 2.66. The maximum Gasteiger partial charge on any atom is 0.325 e. The fraction of sp³-hybridized carbons (Fsp3) is 0.462. The molecule has 0 heterocycles. The number of carbonyl (C=O) groups excluding carboxylic acids is 1. The van der Waals surface area contributed by atoms with Crippen molar-refractivity contribution < 1.29 is 19.2 Å². The monoisotopic (exact) mass is 316 g/mol. The van der Waals surface area contributed by atoms with Crippen LogP contribution in [0, 0.1) is 10.1 Å². The van der Waals surface area contributed by atoms with Crippen molar-refractivity contribution in [3.63, 3.8) is 0 Å². The Morgan fingerprint density at radius 3 is 2.67 bits per heavy atom. The van der Waals surface area contributed by atoms with Gasteiger partial charge in [0.15, 0.2) is 0 Å². The van der Waals surface area contributed by atoms with Crippen molar-refractivity contribution in [2.24, 2.45) is 0 Å². The summed E-state index contributed by atoms with van der Waals surface area (Å²) < 4.78 is 10.2. The van der Waals surface area contributed by atoms with Gasteiger partial charge in [0.1, 0.15) is 16.3 Å². The Morgan fingerprint density at radius 2 is 2.19 bits per heavy atom. The first-order valence-corrected chi connectivity index (χ1v) is 6.56. The van der Waals surface area contributed by atoms with Gasteiger partial charge in [-0.2, -0.15) is 0 Å². The minimum atomic E-state index is -0.862. The molecule has 0 aliphatic heterocycles. The lowest BCUT2D eigenvalue weighted by Crippen LogP contribution is -2.49. The Kier molecular flexibility index (Phi) is 5.92.